The fourth-order valence-electron chi connectivity index (χ4n) is 3.50. The molecule has 0 fully saturated rings. The van der Waals surface area contributed by atoms with E-state index in [4.69, 9.17) is 4.74 Å². The van der Waals surface area contributed by atoms with Gasteiger partial charge in [0.1, 0.15) is 5.75 Å². The molecule has 0 spiro atoms. The van der Waals surface area contributed by atoms with Gasteiger partial charge in [-0.2, -0.15) is 5.10 Å². The van der Waals surface area contributed by atoms with Gasteiger partial charge in [0.15, 0.2) is 6.61 Å². The molecule has 0 bridgehead atoms. The number of nitrogens with one attached hydrogen (secondary N) is 1. The molecule has 1 amide bonds. The van der Waals surface area contributed by atoms with Crippen molar-refractivity contribution in [2.75, 3.05) is 6.61 Å². The van der Waals surface area contributed by atoms with E-state index in [0.29, 0.717) is 12.2 Å². The standard InChI is InChI=1S/C26H22N2O2/c1-2-9-19-10-5-8-15-25(19)30-18-26(29)28-27-17-24-22-13-6-3-11-20(22)16-21-12-4-7-14-23(21)24/h2-8,10-17H,1,9,18H2,(H,28,29). The summed E-state index contributed by atoms with van der Waals surface area (Å²) in [6.07, 6.45) is 4.19. The van der Waals surface area contributed by atoms with E-state index >= 15 is 0 Å². The molecule has 148 valence electrons. The van der Waals surface area contributed by atoms with E-state index in [1.807, 2.05) is 48.5 Å². The molecular weight excluding hydrogens is 372 g/mol. The molecule has 0 aromatic heterocycles. The van der Waals surface area contributed by atoms with Gasteiger partial charge in [-0.1, -0.05) is 72.8 Å². The lowest BCUT2D eigenvalue weighted by molar-refractivity contribution is -0.123. The van der Waals surface area contributed by atoms with Crippen molar-refractivity contribution in [3.05, 3.63) is 103 Å². The number of amides is 1. The molecule has 0 aliphatic heterocycles. The SMILES string of the molecule is C=CCc1ccccc1OCC(=O)NN=Cc1c2ccccc2cc2ccccc12. The van der Waals surface area contributed by atoms with E-state index in [1.165, 1.54) is 0 Å². The highest BCUT2D eigenvalue weighted by molar-refractivity contribution is 6.13. The van der Waals surface area contributed by atoms with Crippen LogP contribution in [0, 0.1) is 0 Å². The summed E-state index contributed by atoms with van der Waals surface area (Å²) in [5.74, 6) is 0.362. The molecule has 0 saturated heterocycles. The van der Waals surface area contributed by atoms with Crippen molar-refractivity contribution in [1.29, 1.82) is 0 Å². The summed E-state index contributed by atoms with van der Waals surface area (Å²) in [4.78, 5) is 12.2. The topological polar surface area (TPSA) is 50.7 Å². The van der Waals surface area contributed by atoms with Crippen LogP contribution in [0.4, 0.5) is 0 Å². The number of rotatable bonds is 7. The van der Waals surface area contributed by atoms with E-state index in [-0.39, 0.29) is 12.5 Å². The number of hydrogen-bond donors (Lipinski definition) is 1. The quantitative estimate of drug-likeness (QED) is 0.201. The molecule has 4 rings (SSSR count). The highest BCUT2D eigenvalue weighted by atomic mass is 16.5. The lowest BCUT2D eigenvalue weighted by Crippen LogP contribution is -2.24. The van der Waals surface area contributed by atoms with Gasteiger partial charge in [0.2, 0.25) is 0 Å². The summed E-state index contributed by atoms with van der Waals surface area (Å²) in [5.41, 5.74) is 4.53. The van der Waals surface area contributed by atoms with Gasteiger partial charge < -0.3 is 4.74 Å². The molecule has 4 heteroatoms. The average molecular weight is 394 g/mol. The Morgan fingerprint density at radius 1 is 0.933 bits per heavy atom. The zero-order valence-electron chi connectivity index (χ0n) is 16.5. The molecule has 0 heterocycles. The van der Waals surface area contributed by atoms with Crippen LogP contribution in [0.15, 0.2) is 96.6 Å². The highest BCUT2D eigenvalue weighted by Gasteiger charge is 2.07. The number of nitrogens with zero attached hydrogens (tertiary/aromatic N) is 1. The molecule has 0 saturated carbocycles. The average Bonchev–Trinajstić information content (AvgIpc) is 2.78. The maximum Gasteiger partial charge on any atom is 0.277 e. The number of ether oxygens (including phenoxy) is 1. The highest BCUT2D eigenvalue weighted by Crippen LogP contribution is 2.27. The third-order valence-corrected chi connectivity index (χ3v) is 4.89. The molecule has 30 heavy (non-hydrogen) atoms. The molecule has 1 N–H and O–H groups in total. The third kappa shape index (κ3) is 4.23. The van der Waals surface area contributed by atoms with Crippen LogP contribution in [-0.4, -0.2) is 18.7 Å². The number of carbonyl (C=O) groups excluding carboxylic acids is 1. The van der Waals surface area contributed by atoms with Crippen LogP contribution in [-0.2, 0) is 11.2 Å². The number of para-hydroxylation sites is 1. The second kappa shape index (κ2) is 9.05. The van der Waals surface area contributed by atoms with Crippen molar-refractivity contribution in [2.45, 2.75) is 6.42 Å². The van der Waals surface area contributed by atoms with Gasteiger partial charge in [0.25, 0.3) is 5.91 Å². The van der Waals surface area contributed by atoms with Crippen LogP contribution in [0.5, 0.6) is 5.75 Å². The molecule has 0 radical (unpaired) electrons. The van der Waals surface area contributed by atoms with Gasteiger partial charge in [-0.3, -0.25) is 4.79 Å². The monoisotopic (exact) mass is 394 g/mol. The Morgan fingerprint density at radius 3 is 2.27 bits per heavy atom. The maximum absolute atomic E-state index is 12.2. The van der Waals surface area contributed by atoms with Gasteiger partial charge >= 0.3 is 0 Å². The molecule has 0 atom stereocenters. The number of fused-ring (bicyclic) bond motifs is 2. The molecule has 4 aromatic carbocycles. The van der Waals surface area contributed by atoms with Crippen molar-refractivity contribution in [2.24, 2.45) is 5.10 Å². The van der Waals surface area contributed by atoms with Crippen molar-refractivity contribution in [1.82, 2.24) is 5.43 Å². The molecule has 4 aromatic rings. The van der Waals surface area contributed by atoms with E-state index in [1.54, 1.807) is 12.3 Å². The molecule has 0 aliphatic rings. The Morgan fingerprint density at radius 2 is 1.57 bits per heavy atom. The number of hydrogen-bond acceptors (Lipinski definition) is 3. The van der Waals surface area contributed by atoms with E-state index in [0.717, 1.165) is 32.7 Å². The summed E-state index contributed by atoms with van der Waals surface area (Å²) in [5, 5.41) is 8.63. The first-order valence-corrected chi connectivity index (χ1v) is 9.80. The van der Waals surface area contributed by atoms with Gasteiger partial charge in [0, 0.05) is 5.56 Å². The minimum atomic E-state index is -0.316. The number of hydrazone groups is 1. The first-order chi connectivity index (χ1) is 14.8. The molecular formula is C26H22N2O2. The van der Waals surface area contributed by atoms with Crippen molar-refractivity contribution in [3.8, 4) is 5.75 Å². The van der Waals surface area contributed by atoms with E-state index in [2.05, 4.69) is 47.4 Å². The van der Waals surface area contributed by atoms with Gasteiger partial charge in [-0.25, -0.2) is 5.43 Å². The minimum Gasteiger partial charge on any atom is -0.483 e. The Balaban J connectivity index is 1.50. The summed E-state index contributed by atoms with van der Waals surface area (Å²) in [6.45, 7) is 3.64. The Hall–Kier alpha value is -3.92. The number of benzene rings is 4. The summed E-state index contributed by atoms with van der Waals surface area (Å²) >= 11 is 0. The first-order valence-electron chi connectivity index (χ1n) is 9.80. The fraction of sp³-hybridized carbons (Fsp3) is 0.0769. The van der Waals surface area contributed by atoms with E-state index < -0.39 is 0 Å². The predicted molar refractivity (Wildman–Crippen MR) is 123 cm³/mol. The Labute approximate surface area is 175 Å². The van der Waals surface area contributed by atoms with Gasteiger partial charge in [-0.05, 0) is 45.7 Å². The first kappa shape index (κ1) is 19.4. The summed E-state index contributed by atoms with van der Waals surface area (Å²) < 4.78 is 5.66. The van der Waals surface area contributed by atoms with E-state index in [9.17, 15) is 4.79 Å². The van der Waals surface area contributed by atoms with Crippen LogP contribution in [0.1, 0.15) is 11.1 Å². The van der Waals surface area contributed by atoms with Crippen molar-refractivity contribution < 1.29 is 9.53 Å². The zero-order chi connectivity index (χ0) is 20.8. The normalized spacial score (nSPS) is 11.1. The van der Waals surface area contributed by atoms with Crippen LogP contribution in [0.2, 0.25) is 0 Å². The van der Waals surface area contributed by atoms with Crippen LogP contribution >= 0.6 is 0 Å². The largest absolute Gasteiger partial charge is 0.483 e. The number of carbonyl (C=O) groups is 1. The smallest absolute Gasteiger partial charge is 0.277 e. The lowest BCUT2D eigenvalue weighted by Gasteiger charge is -2.10. The second-order valence-corrected chi connectivity index (χ2v) is 6.91. The Kier molecular flexibility index (Phi) is 5.85. The number of allylic oxidation sites excluding steroid dienone is 1. The lowest BCUT2D eigenvalue weighted by atomic mass is 9.97. The van der Waals surface area contributed by atoms with Crippen LogP contribution in [0.3, 0.4) is 0 Å². The van der Waals surface area contributed by atoms with Crippen molar-refractivity contribution >= 4 is 33.7 Å². The summed E-state index contributed by atoms with van der Waals surface area (Å²) in [6, 6.07) is 26.1. The summed E-state index contributed by atoms with van der Waals surface area (Å²) in [7, 11) is 0. The predicted octanol–water partition coefficient (Wildman–Crippen LogP) is 5.25. The van der Waals surface area contributed by atoms with Gasteiger partial charge in [0.05, 0.1) is 6.21 Å². The minimum absolute atomic E-state index is 0.109. The van der Waals surface area contributed by atoms with Crippen LogP contribution in [0.25, 0.3) is 21.5 Å². The maximum atomic E-state index is 12.2. The Bertz CT molecular complexity index is 1190. The molecule has 4 nitrogen and oxygen atoms in total. The molecule has 0 unspecified atom stereocenters. The fourth-order valence-corrected chi connectivity index (χ4v) is 3.50. The molecule has 0 aliphatic carbocycles. The second-order valence-electron chi connectivity index (χ2n) is 6.91. The van der Waals surface area contributed by atoms with Crippen LogP contribution < -0.4 is 10.2 Å². The zero-order valence-corrected chi connectivity index (χ0v) is 16.5. The van der Waals surface area contributed by atoms with Crippen molar-refractivity contribution in [3.63, 3.8) is 0 Å². The third-order valence-electron chi connectivity index (χ3n) is 4.89. The van der Waals surface area contributed by atoms with Gasteiger partial charge in [-0.15, -0.1) is 6.58 Å².